The number of aromatic nitrogens is 2. The number of thioether (sulfide) groups is 1. The molecule has 0 bridgehead atoms. The summed E-state index contributed by atoms with van der Waals surface area (Å²) in [4.78, 5) is 1.27. The summed E-state index contributed by atoms with van der Waals surface area (Å²) >= 11 is 5.33. The summed E-state index contributed by atoms with van der Waals surface area (Å²) in [6, 6.07) is 8.69. The zero-order chi connectivity index (χ0) is 13.0. The molecule has 1 aromatic carbocycles. The van der Waals surface area contributed by atoms with Crippen molar-refractivity contribution in [2.24, 2.45) is 7.05 Å². The van der Waals surface area contributed by atoms with Crippen molar-refractivity contribution in [3.63, 3.8) is 0 Å². The van der Waals surface area contributed by atoms with Crippen molar-refractivity contribution in [3.05, 3.63) is 46.7 Å². The highest BCUT2D eigenvalue weighted by Crippen LogP contribution is 2.26. The van der Waals surface area contributed by atoms with Crippen molar-refractivity contribution in [2.45, 2.75) is 10.9 Å². The van der Waals surface area contributed by atoms with Crippen molar-refractivity contribution in [2.75, 3.05) is 12.8 Å². The van der Waals surface area contributed by atoms with Crippen LogP contribution in [0.25, 0.3) is 0 Å². The van der Waals surface area contributed by atoms with Crippen LogP contribution >= 0.6 is 27.7 Å². The first-order valence-corrected chi connectivity index (χ1v) is 7.51. The Kier molecular flexibility index (Phi) is 4.86. The number of aryl methyl sites for hydroxylation is 1. The van der Waals surface area contributed by atoms with E-state index in [0.717, 1.165) is 10.2 Å². The first-order chi connectivity index (χ1) is 8.69. The molecule has 1 unspecified atom stereocenters. The van der Waals surface area contributed by atoms with Crippen LogP contribution in [0.15, 0.2) is 46.0 Å². The molecular weight excluding hydrogens is 310 g/mol. The molecule has 2 aromatic rings. The molecule has 5 heteroatoms. The SMILES string of the molecule is CNC(CSc1cccc(Br)c1)c1cnn(C)c1. The third kappa shape index (κ3) is 3.60. The second-order valence-corrected chi connectivity index (χ2v) is 6.07. The van der Waals surface area contributed by atoms with E-state index >= 15 is 0 Å². The minimum atomic E-state index is 0.322. The quantitative estimate of drug-likeness (QED) is 0.856. The average molecular weight is 326 g/mol. The van der Waals surface area contributed by atoms with Crippen molar-refractivity contribution in [1.29, 1.82) is 0 Å². The van der Waals surface area contributed by atoms with Gasteiger partial charge in [0.05, 0.1) is 6.20 Å². The fraction of sp³-hybridized carbons (Fsp3) is 0.308. The number of hydrogen-bond donors (Lipinski definition) is 1. The summed E-state index contributed by atoms with van der Waals surface area (Å²) in [5.41, 5.74) is 1.22. The fourth-order valence-electron chi connectivity index (χ4n) is 1.70. The molecule has 96 valence electrons. The van der Waals surface area contributed by atoms with E-state index in [2.05, 4.69) is 50.7 Å². The molecule has 0 aliphatic rings. The van der Waals surface area contributed by atoms with Crippen LogP contribution < -0.4 is 5.32 Å². The van der Waals surface area contributed by atoms with Gasteiger partial charge in [-0.05, 0) is 25.2 Å². The molecule has 0 amide bonds. The Morgan fingerprint density at radius 1 is 1.50 bits per heavy atom. The van der Waals surface area contributed by atoms with E-state index in [1.807, 2.05) is 42.8 Å². The topological polar surface area (TPSA) is 29.9 Å². The average Bonchev–Trinajstić information content (AvgIpc) is 2.77. The predicted molar refractivity (Wildman–Crippen MR) is 79.9 cm³/mol. The third-order valence-corrected chi connectivity index (χ3v) is 4.27. The Morgan fingerprint density at radius 2 is 2.33 bits per heavy atom. The fourth-order valence-corrected chi connectivity index (χ4v) is 3.36. The Bertz CT molecular complexity index is 512. The Balaban J connectivity index is 1.99. The van der Waals surface area contributed by atoms with E-state index in [-0.39, 0.29) is 0 Å². The molecule has 1 heterocycles. The highest BCUT2D eigenvalue weighted by atomic mass is 79.9. The van der Waals surface area contributed by atoms with Gasteiger partial charge in [0.25, 0.3) is 0 Å². The van der Waals surface area contributed by atoms with Crippen LogP contribution in [0.5, 0.6) is 0 Å². The first kappa shape index (κ1) is 13.6. The van der Waals surface area contributed by atoms with Gasteiger partial charge in [-0.25, -0.2) is 0 Å². The number of rotatable bonds is 5. The van der Waals surface area contributed by atoms with Crippen LogP contribution in [-0.2, 0) is 7.05 Å². The Labute approximate surface area is 120 Å². The van der Waals surface area contributed by atoms with Gasteiger partial charge in [-0.3, -0.25) is 4.68 Å². The van der Waals surface area contributed by atoms with Gasteiger partial charge in [0.2, 0.25) is 0 Å². The molecule has 3 nitrogen and oxygen atoms in total. The normalized spacial score (nSPS) is 12.6. The zero-order valence-electron chi connectivity index (χ0n) is 10.4. The summed E-state index contributed by atoms with van der Waals surface area (Å²) in [5.74, 6) is 0.985. The van der Waals surface area contributed by atoms with E-state index in [4.69, 9.17) is 0 Å². The molecule has 0 saturated heterocycles. The van der Waals surface area contributed by atoms with Crippen molar-refractivity contribution in [1.82, 2.24) is 15.1 Å². The lowest BCUT2D eigenvalue weighted by atomic mass is 10.2. The van der Waals surface area contributed by atoms with Crippen LogP contribution in [0.4, 0.5) is 0 Å². The molecule has 0 aliphatic carbocycles. The lowest BCUT2D eigenvalue weighted by Gasteiger charge is -2.13. The van der Waals surface area contributed by atoms with Gasteiger partial charge in [-0.2, -0.15) is 5.10 Å². The highest BCUT2D eigenvalue weighted by Gasteiger charge is 2.11. The predicted octanol–water partition coefficient (Wildman–Crippen LogP) is 3.24. The number of halogens is 1. The lowest BCUT2D eigenvalue weighted by Crippen LogP contribution is -2.18. The van der Waals surface area contributed by atoms with Gasteiger partial charge >= 0.3 is 0 Å². The maximum absolute atomic E-state index is 4.21. The van der Waals surface area contributed by atoms with E-state index in [0.29, 0.717) is 6.04 Å². The molecular formula is C13H16BrN3S. The Hall–Kier alpha value is -0.780. The van der Waals surface area contributed by atoms with Crippen LogP contribution in [0.3, 0.4) is 0 Å². The van der Waals surface area contributed by atoms with Gasteiger partial charge in [0.15, 0.2) is 0 Å². The molecule has 0 fully saturated rings. The van der Waals surface area contributed by atoms with Crippen molar-refractivity contribution in [3.8, 4) is 0 Å². The minimum Gasteiger partial charge on any atom is -0.312 e. The van der Waals surface area contributed by atoms with Gasteiger partial charge < -0.3 is 5.32 Å². The number of hydrogen-bond acceptors (Lipinski definition) is 3. The number of nitrogens with one attached hydrogen (secondary N) is 1. The molecule has 1 aromatic heterocycles. The summed E-state index contributed by atoms with van der Waals surface area (Å²) in [6.45, 7) is 0. The molecule has 18 heavy (non-hydrogen) atoms. The lowest BCUT2D eigenvalue weighted by molar-refractivity contribution is 0.660. The van der Waals surface area contributed by atoms with Gasteiger partial charge in [-0.15, -0.1) is 11.8 Å². The molecule has 0 aliphatic heterocycles. The van der Waals surface area contributed by atoms with Crippen LogP contribution in [0.2, 0.25) is 0 Å². The van der Waals surface area contributed by atoms with Gasteiger partial charge in [0, 0.05) is 40.0 Å². The van der Waals surface area contributed by atoms with E-state index < -0.39 is 0 Å². The van der Waals surface area contributed by atoms with Gasteiger partial charge in [-0.1, -0.05) is 22.0 Å². The standard InChI is InChI=1S/C13H16BrN3S/c1-15-13(10-7-16-17(2)8-10)9-18-12-5-3-4-11(14)6-12/h3-8,13,15H,9H2,1-2H3. The molecule has 1 N–H and O–H groups in total. The maximum Gasteiger partial charge on any atom is 0.0537 e. The third-order valence-electron chi connectivity index (χ3n) is 2.69. The maximum atomic E-state index is 4.21. The second-order valence-electron chi connectivity index (χ2n) is 4.06. The van der Waals surface area contributed by atoms with E-state index in [1.54, 1.807) is 0 Å². The summed E-state index contributed by atoms with van der Waals surface area (Å²) in [5, 5.41) is 7.55. The summed E-state index contributed by atoms with van der Waals surface area (Å²) in [7, 11) is 3.93. The monoisotopic (exact) mass is 325 g/mol. The molecule has 0 saturated carbocycles. The van der Waals surface area contributed by atoms with Crippen LogP contribution in [0, 0.1) is 0 Å². The zero-order valence-corrected chi connectivity index (χ0v) is 12.8. The highest BCUT2D eigenvalue weighted by molar-refractivity contribution is 9.10. The molecule has 0 radical (unpaired) electrons. The first-order valence-electron chi connectivity index (χ1n) is 5.73. The molecule has 1 atom stereocenters. The summed E-state index contributed by atoms with van der Waals surface area (Å²) in [6.07, 6.45) is 3.98. The number of nitrogens with zero attached hydrogens (tertiary/aromatic N) is 2. The largest absolute Gasteiger partial charge is 0.312 e. The van der Waals surface area contributed by atoms with Crippen molar-refractivity contribution >= 4 is 27.7 Å². The summed E-state index contributed by atoms with van der Waals surface area (Å²) < 4.78 is 2.96. The van der Waals surface area contributed by atoms with Crippen LogP contribution in [-0.4, -0.2) is 22.6 Å². The smallest absolute Gasteiger partial charge is 0.0537 e. The second kappa shape index (κ2) is 6.41. The number of benzene rings is 1. The molecule has 0 spiro atoms. The van der Waals surface area contributed by atoms with E-state index in [1.165, 1.54) is 10.5 Å². The van der Waals surface area contributed by atoms with E-state index in [9.17, 15) is 0 Å². The molecule has 2 rings (SSSR count). The van der Waals surface area contributed by atoms with Crippen molar-refractivity contribution < 1.29 is 0 Å². The Morgan fingerprint density at radius 3 is 2.94 bits per heavy atom. The minimum absolute atomic E-state index is 0.322. The van der Waals surface area contributed by atoms with Crippen LogP contribution in [0.1, 0.15) is 11.6 Å². The van der Waals surface area contributed by atoms with Gasteiger partial charge in [0.1, 0.15) is 0 Å².